The summed E-state index contributed by atoms with van der Waals surface area (Å²) in [6.07, 6.45) is 8.29. The second-order valence-corrected chi connectivity index (χ2v) is 4.84. The van der Waals surface area contributed by atoms with Crippen molar-refractivity contribution in [3.63, 3.8) is 0 Å². The van der Waals surface area contributed by atoms with Gasteiger partial charge in [0.15, 0.2) is 0 Å². The molecule has 1 rings (SSSR count). The first-order chi connectivity index (χ1) is 6.22. The van der Waals surface area contributed by atoms with Crippen molar-refractivity contribution in [2.45, 2.75) is 71.4 Å². The second-order valence-electron chi connectivity index (χ2n) is 4.84. The monoisotopic (exact) mass is 183 g/mol. The summed E-state index contributed by atoms with van der Waals surface area (Å²) >= 11 is 0. The SMILES string of the molecule is CCCCCC(C)NC1CC(C)C1. The maximum Gasteiger partial charge on any atom is 0.00746 e. The molecule has 13 heavy (non-hydrogen) atoms. The van der Waals surface area contributed by atoms with Gasteiger partial charge in [-0.15, -0.1) is 0 Å². The number of unbranched alkanes of at least 4 members (excludes halogenated alkanes) is 2. The minimum Gasteiger partial charge on any atom is -0.311 e. The Morgan fingerprint density at radius 3 is 2.54 bits per heavy atom. The van der Waals surface area contributed by atoms with Crippen LogP contribution in [0.25, 0.3) is 0 Å². The molecule has 0 aromatic heterocycles. The van der Waals surface area contributed by atoms with E-state index in [4.69, 9.17) is 0 Å². The molecule has 1 unspecified atom stereocenters. The van der Waals surface area contributed by atoms with Gasteiger partial charge in [0, 0.05) is 12.1 Å². The standard InChI is InChI=1S/C12H25N/c1-4-5-6-7-11(3)13-12-8-10(2)9-12/h10-13H,4-9H2,1-3H3. The largest absolute Gasteiger partial charge is 0.311 e. The normalized spacial score (nSPS) is 29.8. The Morgan fingerprint density at radius 1 is 1.31 bits per heavy atom. The van der Waals surface area contributed by atoms with Crippen molar-refractivity contribution < 1.29 is 0 Å². The Morgan fingerprint density at radius 2 is 2.00 bits per heavy atom. The lowest BCUT2D eigenvalue weighted by Crippen LogP contribution is -2.44. The van der Waals surface area contributed by atoms with Gasteiger partial charge in [-0.3, -0.25) is 0 Å². The Kier molecular flexibility index (Phi) is 4.79. The van der Waals surface area contributed by atoms with Crippen LogP contribution >= 0.6 is 0 Å². The third-order valence-corrected chi connectivity index (χ3v) is 3.13. The third kappa shape index (κ3) is 4.12. The molecule has 0 aromatic carbocycles. The summed E-state index contributed by atoms with van der Waals surface area (Å²) in [5.74, 6) is 0.973. The van der Waals surface area contributed by atoms with Crippen molar-refractivity contribution in [3.05, 3.63) is 0 Å². The molecule has 0 radical (unpaired) electrons. The Balaban J connectivity index is 1.95. The fourth-order valence-corrected chi connectivity index (χ4v) is 2.22. The van der Waals surface area contributed by atoms with Gasteiger partial charge in [0.25, 0.3) is 0 Å². The lowest BCUT2D eigenvalue weighted by molar-refractivity contribution is 0.221. The van der Waals surface area contributed by atoms with Gasteiger partial charge in [0.1, 0.15) is 0 Å². The molecule has 0 aliphatic heterocycles. The highest BCUT2D eigenvalue weighted by atomic mass is 15.0. The summed E-state index contributed by atoms with van der Waals surface area (Å²) in [6, 6.07) is 1.58. The zero-order valence-electron chi connectivity index (χ0n) is 9.47. The van der Waals surface area contributed by atoms with Gasteiger partial charge in [-0.2, -0.15) is 0 Å². The smallest absolute Gasteiger partial charge is 0.00746 e. The van der Waals surface area contributed by atoms with Crippen molar-refractivity contribution in [2.24, 2.45) is 5.92 Å². The van der Waals surface area contributed by atoms with E-state index in [0.29, 0.717) is 0 Å². The molecular weight excluding hydrogens is 158 g/mol. The van der Waals surface area contributed by atoms with Crippen LogP contribution in [-0.2, 0) is 0 Å². The van der Waals surface area contributed by atoms with Gasteiger partial charge in [0.05, 0.1) is 0 Å². The Labute approximate surface area is 83.3 Å². The lowest BCUT2D eigenvalue weighted by atomic mass is 9.81. The minimum absolute atomic E-state index is 0.740. The van der Waals surface area contributed by atoms with E-state index in [1.807, 2.05) is 0 Å². The maximum absolute atomic E-state index is 3.71. The first-order valence-corrected chi connectivity index (χ1v) is 5.98. The van der Waals surface area contributed by atoms with Crippen molar-refractivity contribution in [1.82, 2.24) is 5.32 Å². The summed E-state index contributed by atoms with van der Waals surface area (Å²) in [5.41, 5.74) is 0. The minimum atomic E-state index is 0.740. The molecule has 0 spiro atoms. The molecular formula is C12H25N. The number of hydrogen-bond acceptors (Lipinski definition) is 1. The van der Waals surface area contributed by atoms with Gasteiger partial charge in [-0.25, -0.2) is 0 Å². The molecule has 1 nitrogen and oxygen atoms in total. The highest BCUT2D eigenvalue weighted by Gasteiger charge is 2.25. The van der Waals surface area contributed by atoms with Crippen LogP contribution in [0.1, 0.15) is 59.3 Å². The van der Waals surface area contributed by atoms with Gasteiger partial charge < -0.3 is 5.32 Å². The first-order valence-electron chi connectivity index (χ1n) is 5.98. The van der Waals surface area contributed by atoms with Crippen LogP contribution in [-0.4, -0.2) is 12.1 Å². The number of hydrogen-bond donors (Lipinski definition) is 1. The predicted molar refractivity (Wildman–Crippen MR) is 58.9 cm³/mol. The van der Waals surface area contributed by atoms with E-state index in [-0.39, 0.29) is 0 Å². The Hall–Kier alpha value is -0.0400. The summed E-state index contributed by atoms with van der Waals surface area (Å²) in [4.78, 5) is 0. The van der Waals surface area contributed by atoms with Crippen LogP contribution in [0.15, 0.2) is 0 Å². The van der Waals surface area contributed by atoms with Gasteiger partial charge in [-0.05, 0) is 32.1 Å². The zero-order valence-corrected chi connectivity index (χ0v) is 9.47. The van der Waals surface area contributed by atoms with E-state index in [1.54, 1.807) is 0 Å². The van der Waals surface area contributed by atoms with E-state index >= 15 is 0 Å². The fraction of sp³-hybridized carbons (Fsp3) is 1.00. The second kappa shape index (κ2) is 5.64. The Bertz CT molecular complexity index is 127. The van der Waals surface area contributed by atoms with Gasteiger partial charge in [0.2, 0.25) is 0 Å². The topological polar surface area (TPSA) is 12.0 Å². The van der Waals surface area contributed by atoms with Crippen molar-refractivity contribution >= 4 is 0 Å². The molecule has 1 aliphatic rings. The first kappa shape index (κ1) is 11.0. The molecule has 1 saturated carbocycles. The van der Waals surface area contributed by atoms with E-state index in [2.05, 4.69) is 26.1 Å². The van der Waals surface area contributed by atoms with Gasteiger partial charge in [-0.1, -0.05) is 33.1 Å². The number of nitrogens with one attached hydrogen (secondary N) is 1. The van der Waals surface area contributed by atoms with Crippen molar-refractivity contribution in [2.75, 3.05) is 0 Å². The third-order valence-electron chi connectivity index (χ3n) is 3.13. The highest BCUT2D eigenvalue weighted by molar-refractivity contribution is 4.83. The molecule has 1 aliphatic carbocycles. The molecule has 0 amide bonds. The van der Waals surface area contributed by atoms with E-state index in [1.165, 1.54) is 38.5 Å². The molecule has 1 atom stereocenters. The van der Waals surface area contributed by atoms with E-state index < -0.39 is 0 Å². The average molecular weight is 183 g/mol. The maximum atomic E-state index is 3.71. The quantitative estimate of drug-likeness (QED) is 0.623. The fourth-order valence-electron chi connectivity index (χ4n) is 2.22. The molecule has 0 bridgehead atoms. The van der Waals surface area contributed by atoms with Crippen LogP contribution in [0.5, 0.6) is 0 Å². The van der Waals surface area contributed by atoms with Crippen LogP contribution < -0.4 is 5.32 Å². The van der Waals surface area contributed by atoms with E-state index in [9.17, 15) is 0 Å². The van der Waals surface area contributed by atoms with E-state index in [0.717, 1.165) is 18.0 Å². The van der Waals surface area contributed by atoms with Crippen LogP contribution in [0.2, 0.25) is 0 Å². The molecule has 1 N–H and O–H groups in total. The molecule has 0 aromatic rings. The molecule has 0 heterocycles. The average Bonchev–Trinajstić information content (AvgIpc) is 2.02. The zero-order chi connectivity index (χ0) is 9.68. The van der Waals surface area contributed by atoms with Gasteiger partial charge >= 0.3 is 0 Å². The summed E-state index contributed by atoms with van der Waals surface area (Å²) in [6.45, 7) is 6.95. The molecule has 78 valence electrons. The molecule has 0 saturated heterocycles. The molecule has 1 fully saturated rings. The van der Waals surface area contributed by atoms with Crippen LogP contribution in [0.3, 0.4) is 0 Å². The summed E-state index contributed by atoms with van der Waals surface area (Å²) in [7, 11) is 0. The van der Waals surface area contributed by atoms with Crippen LogP contribution in [0.4, 0.5) is 0 Å². The van der Waals surface area contributed by atoms with Crippen molar-refractivity contribution in [1.29, 1.82) is 0 Å². The lowest BCUT2D eigenvalue weighted by Gasteiger charge is -2.35. The summed E-state index contributed by atoms with van der Waals surface area (Å²) < 4.78 is 0. The highest BCUT2D eigenvalue weighted by Crippen LogP contribution is 2.26. The number of rotatable bonds is 6. The van der Waals surface area contributed by atoms with Crippen LogP contribution in [0, 0.1) is 5.92 Å². The van der Waals surface area contributed by atoms with Crippen molar-refractivity contribution in [3.8, 4) is 0 Å². The predicted octanol–water partition coefficient (Wildman–Crippen LogP) is 3.34. The summed E-state index contributed by atoms with van der Waals surface area (Å²) in [5, 5.41) is 3.71. The molecule has 1 heteroatoms.